The van der Waals surface area contributed by atoms with Crippen molar-refractivity contribution in [1.29, 1.82) is 0 Å². The topological polar surface area (TPSA) is 49.9 Å². The molecule has 5 nitrogen and oxygen atoms in total. The molecule has 0 bridgehead atoms. The molecule has 0 saturated carbocycles. The zero-order chi connectivity index (χ0) is 22.2. The minimum absolute atomic E-state index is 0.0524. The molecule has 0 saturated heterocycles. The van der Waals surface area contributed by atoms with Crippen LogP contribution in [0.1, 0.15) is 29.9 Å². The van der Waals surface area contributed by atoms with E-state index in [1.807, 2.05) is 43.5 Å². The van der Waals surface area contributed by atoms with Gasteiger partial charge in [-0.05, 0) is 67.1 Å². The zero-order valence-electron chi connectivity index (χ0n) is 18.1. The first-order chi connectivity index (χ1) is 15.5. The van der Waals surface area contributed by atoms with Gasteiger partial charge in [-0.3, -0.25) is 9.59 Å². The van der Waals surface area contributed by atoms with Crippen LogP contribution in [0.4, 0.5) is 5.69 Å². The third-order valence-corrected chi connectivity index (χ3v) is 6.63. The molecule has 6 heteroatoms. The number of imide groups is 1. The predicted octanol–water partition coefficient (Wildman–Crippen LogP) is 4.88. The molecule has 2 aromatic carbocycles. The predicted molar refractivity (Wildman–Crippen MR) is 126 cm³/mol. The fourth-order valence-corrected chi connectivity index (χ4v) is 5.08. The smallest absolute Gasteiger partial charge is 0.282 e. The van der Waals surface area contributed by atoms with Crippen LogP contribution in [0.2, 0.25) is 0 Å². The van der Waals surface area contributed by atoms with Crippen molar-refractivity contribution >= 4 is 34.4 Å². The van der Waals surface area contributed by atoms with Crippen molar-refractivity contribution in [3.63, 3.8) is 0 Å². The Morgan fingerprint density at radius 1 is 0.906 bits per heavy atom. The molecule has 0 atom stereocenters. The monoisotopic (exact) mass is 444 g/mol. The van der Waals surface area contributed by atoms with Crippen LogP contribution in [-0.4, -0.2) is 29.4 Å². The molecule has 2 aliphatic heterocycles. The van der Waals surface area contributed by atoms with Crippen molar-refractivity contribution in [1.82, 2.24) is 4.90 Å². The highest BCUT2D eigenvalue weighted by molar-refractivity contribution is 7.11. The van der Waals surface area contributed by atoms with E-state index in [9.17, 15) is 9.59 Å². The lowest BCUT2D eigenvalue weighted by atomic mass is 9.99. The molecule has 2 aliphatic rings. The van der Waals surface area contributed by atoms with Crippen LogP contribution in [0.25, 0.3) is 5.57 Å². The van der Waals surface area contributed by atoms with Crippen molar-refractivity contribution in [2.45, 2.75) is 32.9 Å². The van der Waals surface area contributed by atoms with Gasteiger partial charge < -0.3 is 9.64 Å². The van der Waals surface area contributed by atoms with E-state index in [2.05, 4.69) is 17.0 Å². The molecule has 0 radical (unpaired) electrons. The zero-order valence-corrected chi connectivity index (χ0v) is 18.9. The number of benzene rings is 2. The minimum Gasteiger partial charge on any atom is -0.491 e. The molecule has 32 heavy (non-hydrogen) atoms. The van der Waals surface area contributed by atoms with Crippen LogP contribution < -0.4 is 9.64 Å². The van der Waals surface area contributed by atoms with Crippen LogP contribution in [0.15, 0.2) is 71.7 Å². The van der Waals surface area contributed by atoms with Gasteiger partial charge in [0.2, 0.25) is 0 Å². The van der Waals surface area contributed by atoms with Crippen LogP contribution in [-0.2, 0) is 22.6 Å². The summed E-state index contributed by atoms with van der Waals surface area (Å²) in [5.74, 6) is 0.168. The first-order valence-corrected chi connectivity index (χ1v) is 11.7. The first kappa shape index (κ1) is 20.5. The molecule has 0 N–H and O–H groups in total. The van der Waals surface area contributed by atoms with Crippen molar-refractivity contribution < 1.29 is 14.3 Å². The molecule has 2 amide bonds. The highest BCUT2D eigenvalue weighted by Gasteiger charge is 2.43. The number of thiophene rings is 1. The summed E-state index contributed by atoms with van der Waals surface area (Å²) in [6, 6.07) is 19.3. The lowest BCUT2D eigenvalue weighted by molar-refractivity contribution is -0.120. The molecule has 3 aromatic rings. The lowest BCUT2D eigenvalue weighted by Gasteiger charge is -2.31. The first-order valence-electron chi connectivity index (χ1n) is 10.8. The number of carbonyl (C=O) groups excluding carboxylic acids is 2. The normalized spacial score (nSPS) is 16.2. The summed E-state index contributed by atoms with van der Waals surface area (Å²) in [5.41, 5.74) is 4.04. The van der Waals surface area contributed by atoms with Crippen molar-refractivity contribution in [3.8, 4) is 5.75 Å². The van der Waals surface area contributed by atoms with E-state index >= 15 is 0 Å². The van der Waals surface area contributed by atoms with Gasteiger partial charge in [-0.15, -0.1) is 11.3 Å². The van der Waals surface area contributed by atoms with Gasteiger partial charge in [-0.2, -0.15) is 0 Å². The van der Waals surface area contributed by atoms with E-state index in [0.29, 0.717) is 35.8 Å². The summed E-state index contributed by atoms with van der Waals surface area (Å²) < 4.78 is 5.71. The molecule has 162 valence electrons. The molecule has 0 spiro atoms. The van der Waals surface area contributed by atoms with E-state index in [0.717, 1.165) is 11.3 Å². The fraction of sp³-hybridized carbons (Fsp3) is 0.231. The van der Waals surface area contributed by atoms with Gasteiger partial charge in [-0.25, -0.2) is 4.90 Å². The Morgan fingerprint density at radius 2 is 1.66 bits per heavy atom. The van der Waals surface area contributed by atoms with Gasteiger partial charge in [0, 0.05) is 18.0 Å². The summed E-state index contributed by atoms with van der Waals surface area (Å²) in [7, 11) is 0. The Bertz CT molecular complexity index is 1200. The average Bonchev–Trinajstić information content (AvgIpc) is 3.40. The number of fused-ring (bicyclic) bond motifs is 1. The highest BCUT2D eigenvalue weighted by Crippen LogP contribution is 2.38. The molecule has 0 aliphatic carbocycles. The third kappa shape index (κ3) is 3.60. The summed E-state index contributed by atoms with van der Waals surface area (Å²) in [6.07, 6.45) is 0.900. The summed E-state index contributed by atoms with van der Waals surface area (Å²) in [5, 5.41) is 1.93. The van der Waals surface area contributed by atoms with Crippen LogP contribution in [0.5, 0.6) is 5.75 Å². The van der Waals surface area contributed by atoms with Crippen molar-refractivity contribution in [2.24, 2.45) is 0 Å². The third-order valence-electron chi connectivity index (χ3n) is 5.74. The standard InChI is InChI=1S/C26H24N2O3S/c1-17(2)31-21-11-9-20(10-12-21)28-25(29)23(22-8-5-15-32-22)24(26(28)30)27-14-13-18-6-3-4-7-19(18)16-27/h3-12,15,17H,13-14,16H2,1-2H3. The number of anilines is 1. The average molecular weight is 445 g/mol. The maximum absolute atomic E-state index is 13.7. The minimum atomic E-state index is -0.274. The van der Waals surface area contributed by atoms with Gasteiger partial charge in [0.25, 0.3) is 11.8 Å². The maximum Gasteiger partial charge on any atom is 0.282 e. The Hall–Kier alpha value is -3.38. The second kappa shape index (κ2) is 8.28. The van der Waals surface area contributed by atoms with Gasteiger partial charge in [-0.1, -0.05) is 30.3 Å². The number of nitrogens with zero attached hydrogens (tertiary/aromatic N) is 2. The van der Waals surface area contributed by atoms with E-state index in [1.54, 1.807) is 24.3 Å². The quantitative estimate of drug-likeness (QED) is 0.527. The van der Waals surface area contributed by atoms with Gasteiger partial charge in [0.1, 0.15) is 11.4 Å². The molecular weight excluding hydrogens is 420 g/mol. The lowest BCUT2D eigenvalue weighted by Crippen LogP contribution is -2.37. The second-order valence-electron chi connectivity index (χ2n) is 8.25. The van der Waals surface area contributed by atoms with E-state index in [-0.39, 0.29) is 17.9 Å². The molecule has 3 heterocycles. The number of hydrogen-bond acceptors (Lipinski definition) is 5. The molecule has 0 fully saturated rings. The Kier molecular flexibility index (Phi) is 5.31. The van der Waals surface area contributed by atoms with Crippen molar-refractivity contribution in [3.05, 3.63) is 87.7 Å². The molecule has 0 unspecified atom stereocenters. The summed E-state index contributed by atoms with van der Waals surface area (Å²) >= 11 is 1.48. The molecular formula is C26H24N2O3S. The molecule has 5 rings (SSSR count). The summed E-state index contributed by atoms with van der Waals surface area (Å²) in [6.45, 7) is 5.24. The maximum atomic E-state index is 13.7. The van der Waals surface area contributed by atoms with E-state index in [4.69, 9.17) is 4.74 Å². The SMILES string of the molecule is CC(C)Oc1ccc(N2C(=O)C(c3cccs3)=C(N3CCc4ccccc4C3)C2=O)cc1. The van der Waals surface area contributed by atoms with Crippen LogP contribution in [0.3, 0.4) is 0 Å². The second-order valence-corrected chi connectivity index (χ2v) is 9.20. The number of amides is 2. The number of ether oxygens (including phenoxy) is 1. The Morgan fingerprint density at radius 3 is 2.34 bits per heavy atom. The number of rotatable bonds is 5. The Labute approximate surface area is 191 Å². The van der Waals surface area contributed by atoms with Gasteiger partial charge in [0.05, 0.1) is 17.4 Å². The number of hydrogen-bond donors (Lipinski definition) is 0. The highest BCUT2D eigenvalue weighted by atomic mass is 32.1. The Balaban J connectivity index is 1.52. The summed E-state index contributed by atoms with van der Waals surface area (Å²) in [4.78, 5) is 31.4. The van der Waals surface area contributed by atoms with E-state index < -0.39 is 0 Å². The fourth-order valence-electron chi connectivity index (χ4n) is 4.32. The van der Waals surface area contributed by atoms with Crippen LogP contribution >= 0.6 is 11.3 Å². The largest absolute Gasteiger partial charge is 0.491 e. The number of carbonyl (C=O) groups is 2. The van der Waals surface area contributed by atoms with Gasteiger partial charge >= 0.3 is 0 Å². The van der Waals surface area contributed by atoms with Crippen molar-refractivity contribution in [2.75, 3.05) is 11.4 Å². The van der Waals surface area contributed by atoms with Gasteiger partial charge in [0.15, 0.2) is 0 Å². The molecule has 1 aromatic heterocycles. The van der Waals surface area contributed by atoms with Crippen LogP contribution in [0, 0.1) is 0 Å². The van der Waals surface area contributed by atoms with E-state index in [1.165, 1.54) is 27.4 Å².